The van der Waals surface area contributed by atoms with Crippen LogP contribution in [-0.4, -0.2) is 81.4 Å². The van der Waals surface area contributed by atoms with Crippen LogP contribution in [0.15, 0.2) is 24.5 Å². The minimum atomic E-state index is -4.51. The molecular formula is C28H38F3N7O2. The van der Waals surface area contributed by atoms with Gasteiger partial charge in [-0.05, 0) is 77.6 Å². The van der Waals surface area contributed by atoms with Crippen molar-refractivity contribution in [1.29, 1.82) is 0 Å². The molecule has 1 aromatic carbocycles. The van der Waals surface area contributed by atoms with Gasteiger partial charge >= 0.3 is 6.18 Å². The van der Waals surface area contributed by atoms with Gasteiger partial charge in [-0.15, -0.1) is 0 Å². The van der Waals surface area contributed by atoms with E-state index in [-0.39, 0.29) is 53.1 Å². The highest BCUT2D eigenvalue weighted by Gasteiger charge is 2.44. The van der Waals surface area contributed by atoms with Gasteiger partial charge in [0.05, 0.1) is 23.2 Å². The zero-order valence-corrected chi connectivity index (χ0v) is 23.1. The van der Waals surface area contributed by atoms with Crippen molar-refractivity contribution < 1.29 is 22.8 Å². The maximum absolute atomic E-state index is 13.7. The number of halogens is 3. The number of nitrogens with two attached hydrogens (primary N) is 1. The number of fused-ring (bicyclic) bond motifs is 1. The normalized spacial score (nSPS) is 29.2. The van der Waals surface area contributed by atoms with E-state index in [1.807, 2.05) is 4.90 Å². The first-order valence-electron chi connectivity index (χ1n) is 14.1. The van der Waals surface area contributed by atoms with E-state index in [1.165, 1.54) is 12.4 Å². The third kappa shape index (κ3) is 5.74. The molecule has 12 heteroatoms. The lowest BCUT2D eigenvalue weighted by Gasteiger charge is -2.45. The maximum atomic E-state index is 13.7. The smallest absolute Gasteiger partial charge is 0.358 e. The van der Waals surface area contributed by atoms with Crippen molar-refractivity contribution in [3.63, 3.8) is 0 Å². The molecule has 0 unspecified atom stereocenters. The lowest BCUT2D eigenvalue weighted by molar-refractivity contribution is -0.137. The molecule has 2 saturated carbocycles. The van der Waals surface area contributed by atoms with E-state index in [0.29, 0.717) is 37.4 Å². The highest BCUT2D eigenvalue weighted by Crippen LogP contribution is 2.35. The van der Waals surface area contributed by atoms with Gasteiger partial charge < -0.3 is 26.2 Å². The first-order chi connectivity index (χ1) is 18.9. The van der Waals surface area contributed by atoms with E-state index in [9.17, 15) is 22.8 Å². The van der Waals surface area contributed by atoms with Crippen molar-refractivity contribution in [3.05, 3.63) is 30.1 Å². The number of benzene rings is 1. The number of carbonyl (C=O) groups excluding carboxylic acids is 2. The van der Waals surface area contributed by atoms with Crippen LogP contribution in [0.5, 0.6) is 0 Å². The van der Waals surface area contributed by atoms with Crippen molar-refractivity contribution in [1.82, 2.24) is 25.1 Å². The van der Waals surface area contributed by atoms with Crippen molar-refractivity contribution in [2.75, 3.05) is 18.9 Å². The van der Waals surface area contributed by atoms with Gasteiger partial charge in [-0.1, -0.05) is 0 Å². The number of aromatic nitrogens is 2. The number of nitrogens with zero attached hydrogens (tertiary/aromatic N) is 4. The molecule has 1 aliphatic heterocycles. The Morgan fingerprint density at radius 3 is 2.58 bits per heavy atom. The molecule has 2 amide bonds. The Morgan fingerprint density at radius 1 is 1.15 bits per heavy atom. The fourth-order valence-electron chi connectivity index (χ4n) is 6.31. The van der Waals surface area contributed by atoms with E-state index in [2.05, 4.69) is 46.4 Å². The molecule has 40 heavy (non-hydrogen) atoms. The fraction of sp³-hybridized carbons (Fsp3) is 0.643. The summed E-state index contributed by atoms with van der Waals surface area (Å²) in [4.78, 5) is 39.1. The summed E-state index contributed by atoms with van der Waals surface area (Å²) in [6, 6.07) is 3.02. The molecular weight excluding hydrogens is 523 g/mol. The number of rotatable bonds is 7. The Labute approximate surface area is 232 Å². The lowest BCUT2D eigenvalue weighted by Crippen LogP contribution is -2.60. The fourth-order valence-corrected chi connectivity index (χ4v) is 6.31. The molecule has 1 aromatic heterocycles. The van der Waals surface area contributed by atoms with E-state index in [1.54, 1.807) is 0 Å². The van der Waals surface area contributed by atoms with E-state index >= 15 is 0 Å². The predicted molar refractivity (Wildman–Crippen MR) is 145 cm³/mol. The summed E-state index contributed by atoms with van der Waals surface area (Å²) in [7, 11) is 2.09. The summed E-state index contributed by atoms with van der Waals surface area (Å²) >= 11 is 0. The Balaban J connectivity index is 1.33. The molecule has 2 aromatic rings. The molecule has 218 valence electrons. The summed E-state index contributed by atoms with van der Waals surface area (Å²) in [5, 5.41) is 6.57. The monoisotopic (exact) mass is 561 g/mol. The van der Waals surface area contributed by atoms with Gasteiger partial charge in [-0.2, -0.15) is 13.2 Å². The zero-order valence-electron chi connectivity index (χ0n) is 23.1. The second-order valence-electron chi connectivity index (χ2n) is 11.8. The van der Waals surface area contributed by atoms with Crippen LogP contribution in [0.3, 0.4) is 0 Å². The third-order valence-electron chi connectivity index (χ3n) is 8.96. The molecule has 2 aliphatic carbocycles. The van der Waals surface area contributed by atoms with Crippen LogP contribution < -0.4 is 16.4 Å². The summed E-state index contributed by atoms with van der Waals surface area (Å²) in [6.45, 7) is 4.78. The average molecular weight is 562 g/mol. The molecule has 5 rings (SSSR count). The van der Waals surface area contributed by atoms with Crippen LogP contribution in [0.4, 0.5) is 19.0 Å². The van der Waals surface area contributed by atoms with E-state index in [0.717, 1.165) is 31.4 Å². The van der Waals surface area contributed by atoms with Crippen molar-refractivity contribution >= 4 is 28.5 Å². The number of hydrogen-bond acceptors (Lipinski definition) is 7. The second kappa shape index (κ2) is 11.1. The second-order valence-corrected chi connectivity index (χ2v) is 11.8. The SMILES string of the molecule is CC(C)N(C)[C@@H]1CC[C@H](N2CC[C@H](Nc3ncnc4ccc(C(F)(F)F)cc34)C2=O)[C@H](NC(=O)[C@H]2C[C@@H](N)C2)C1. The molecule has 3 aliphatic rings. The average Bonchev–Trinajstić information content (AvgIpc) is 3.25. The number of alkyl halides is 3. The van der Waals surface area contributed by atoms with Gasteiger partial charge in [0.2, 0.25) is 11.8 Å². The Morgan fingerprint density at radius 2 is 1.90 bits per heavy atom. The van der Waals surface area contributed by atoms with Crippen LogP contribution in [0.25, 0.3) is 10.9 Å². The number of anilines is 1. The lowest BCUT2D eigenvalue weighted by atomic mass is 9.79. The summed E-state index contributed by atoms with van der Waals surface area (Å²) in [6.07, 6.45) is 0.995. The van der Waals surface area contributed by atoms with Crippen LogP contribution in [0.2, 0.25) is 0 Å². The standard InChI is InChI=1S/C28H38F3N7O2/c1-15(2)37(3)19-5-7-24(23(13-19)36-26(39)16-10-18(32)11-16)38-9-8-22(27(38)40)35-25-20-12-17(28(29,30)31)4-6-21(20)33-14-34-25/h4,6,12,14-16,18-19,22-24H,5,7-11,13,32H2,1-3H3,(H,36,39)(H,33,34,35)/t16-,18+,19-,22+,23-,24+/m1/s1. The number of likely N-dealkylation sites (tertiary alicyclic amines) is 1. The van der Waals surface area contributed by atoms with Gasteiger partial charge in [-0.3, -0.25) is 9.59 Å². The highest BCUT2D eigenvalue weighted by atomic mass is 19.4. The number of nitrogens with one attached hydrogen (secondary N) is 2. The molecule has 4 N–H and O–H groups in total. The number of amides is 2. The molecule has 1 saturated heterocycles. The summed E-state index contributed by atoms with van der Waals surface area (Å²) < 4.78 is 40.1. The van der Waals surface area contributed by atoms with E-state index < -0.39 is 17.8 Å². The topological polar surface area (TPSA) is 116 Å². The van der Waals surface area contributed by atoms with Crippen LogP contribution >= 0.6 is 0 Å². The molecule has 4 atom stereocenters. The Hall–Kier alpha value is -2.99. The van der Waals surface area contributed by atoms with E-state index in [4.69, 9.17) is 5.73 Å². The van der Waals surface area contributed by atoms with Crippen LogP contribution in [0, 0.1) is 5.92 Å². The molecule has 0 spiro atoms. The van der Waals surface area contributed by atoms with Crippen molar-refractivity contribution in [2.45, 2.75) is 94.8 Å². The summed E-state index contributed by atoms with van der Waals surface area (Å²) in [5.41, 5.74) is 5.47. The Kier molecular flexibility index (Phi) is 7.93. The predicted octanol–water partition coefficient (Wildman–Crippen LogP) is 3.14. The minimum absolute atomic E-state index is 0.00112. The third-order valence-corrected chi connectivity index (χ3v) is 8.96. The zero-order chi connectivity index (χ0) is 28.8. The van der Waals surface area contributed by atoms with Gasteiger partial charge in [0, 0.05) is 36.0 Å². The Bertz CT molecular complexity index is 1250. The van der Waals surface area contributed by atoms with Crippen molar-refractivity contribution in [3.8, 4) is 0 Å². The van der Waals surface area contributed by atoms with Crippen molar-refractivity contribution in [2.24, 2.45) is 11.7 Å². The molecule has 0 bridgehead atoms. The molecule has 2 heterocycles. The molecule has 9 nitrogen and oxygen atoms in total. The van der Waals surface area contributed by atoms with Gasteiger partial charge in [0.15, 0.2) is 0 Å². The first-order valence-corrected chi connectivity index (χ1v) is 14.1. The maximum Gasteiger partial charge on any atom is 0.416 e. The number of hydrogen-bond donors (Lipinski definition) is 3. The molecule has 0 radical (unpaired) electrons. The first kappa shape index (κ1) is 28.5. The van der Waals surface area contributed by atoms with Crippen LogP contribution in [0.1, 0.15) is 57.9 Å². The minimum Gasteiger partial charge on any atom is -0.358 e. The quantitative estimate of drug-likeness (QED) is 0.476. The van der Waals surface area contributed by atoms with Gasteiger partial charge in [0.25, 0.3) is 0 Å². The largest absolute Gasteiger partial charge is 0.416 e. The van der Waals surface area contributed by atoms with Gasteiger partial charge in [0.1, 0.15) is 18.2 Å². The van der Waals surface area contributed by atoms with Gasteiger partial charge in [-0.25, -0.2) is 9.97 Å². The number of carbonyl (C=O) groups is 2. The molecule has 3 fully saturated rings. The highest BCUT2D eigenvalue weighted by molar-refractivity contribution is 5.93. The summed E-state index contributed by atoms with van der Waals surface area (Å²) in [5.74, 6) is -0.0250. The van der Waals surface area contributed by atoms with Crippen LogP contribution in [-0.2, 0) is 15.8 Å².